The molecule has 0 fully saturated rings. The van der Waals surface area contributed by atoms with Crippen LogP contribution in [0.4, 0.5) is 13.2 Å². The van der Waals surface area contributed by atoms with Crippen molar-refractivity contribution in [1.82, 2.24) is 9.13 Å². The minimum atomic E-state index is -4.84. The van der Waals surface area contributed by atoms with Crippen LogP contribution in [0.2, 0.25) is 0 Å². The number of hydrogen-bond acceptors (Lipinski definition) is 2. The minimum Gasteiger partial charge on any atom is -0.309 e. The second-order valence-corrected chi connectivity index (χ2v) is 19.4. The van der Waals surface area contributed by atoms with E-state index in [1.807, 2.05) is 71.5 Å². The van der Waals surface area contributed by atoms with Crippen LogP contribution in [0.1, 0.15) is 38.9 Å². The first-order valence-corrected chi connectivity index (χ1v) is 24.5. The van der Waals surface area contributed by atoms with Crippen molar-refractivity contribution in [3.05, 3.63) is 239 Å². The molecule has 0 aliphatic rings. The van der Waals surface area contributed by atoms with Crippen molar-refractivity contribution in [2.24, 2.45) is 0 Å². The molecule has 0 aliphatic carbocycles. The summed E-state index contributed by atoms with van der Waals surface area (Å²) in [6, 6.07) is 69.9. The Morgan fingerprint density at radius 3 is 1.00 bits per heavy atom. The van der Waals surface area contributed by atoms with Gasteiger partial charge in [-0.2, -0.15) is 23.7 Å². The van der Waals surface area contributed by atoms with E-state index in [0.29, 0.717) is 11.4 Å². The first-order chi connectivity index (χ1) is 35.8. The average Bonchev–Trinajstić information content (AvgIpc) is 3.93. The van der Waals surface area contributed by atoms with Gasteiger partial charge in [0.2, 0.25) is 0 Å². The molecule has 354 valence electrons. The van der Waals surface area contributed by atoms with Gasteiger partial charge in [0.05, 0.1) is 56.2 Å². The fourth-order valence-corrected chi connectivity index (χ4v) is 10.7. The molecule has 4 nitrogen and oxygen atoms in total. The summed E-state index contributed by atoms with van der Waals surface area (Å²) in [4.78, 5) is 0. The highest BCUT2D eigenvalue weighted by Crippen LogP contribution is 2.47. The fraction of sp³-hybridized carbons (Fsp3) is 0.0746. The van der Waals surface area contributed by atoms with E-state index in [-0.39, 0.29) is 22.3 Å². The van der Waals surface area contributed by atoms with E-state index >= 15 is 13.2 Å². The molecular weight excluding hydrogens is 918 g/mol. The van der Waals surface area contributed by atoms with Gasteiger partial charge in [0, 0.05) is 32.7 Å². The molecule has 12 rings (SSSR count). The smallest absolute Gasteiger partial charge is 0.309 e. The first-order valence-electron chi connectivity index (χ1n) is 24.5. The van der Waals surface area contributed by atoms with Gasteiger partial charge >= 0.3 is 6.18 Å². The maximum absolute atomic E-state index is 15.7. The van der Waals surface area contributed by atoms with Gasteiger partial charge in [0.25, 0.3) is 0 Å². The highest BCUT2D eigenvalue weighted by Gasteiger charge is 2.36. The molecule has 2 aromatic heterocycles. The Morgan fingerprint density at radius 2 is 0.676 bits per heavy atom. The van der Waals surface area contributed by atoms with Crippen LogP contribution in [0.5, 0.6) is 0 Å². The Kier molecular flexibility index (Phi) is 10.9. The maximum atomic E-state index is 15.7. The molecule has 0 unspecified atom stereocenters. The summed E-state index contributed by atoms with van der Waals surface area (Å²) in [6.45, 7) is 8.20. The predicted octanol–water partition coefficient (Wildman–Crippen LogP) is 18.2. The number of alkyl halides is 3. The lowest BCUT2D eigenvalue weighted by Gasteiger charge is -2.22. The SMILES string of the molecule is Cc1ccc(-c2ccc3c(c2)c2cc(-c4ccc(C)cc4)ccc2n3-c2cc(-c3c(C#N)cccc3C(F)(F)F)c(-n3c4ccc(-c5ccc(C)cc5)cc4c4cc(-c5ccc(C)cc5)ccc43)cc2C#N)cc1. The molecule has 7 heteroatoms. The Labute approximate surface area is 426 Å². The quantitative estimate of drug-likeness (QED) is 0.160. The van der Waals surface area contributed by atoms with Crippen molar-refractivity contribution < 1.29 is 13.2 Å². The van der Waals surface area contributed by atoms with Crippen LogP contribution >= 0.6 is 0 Å². The number of benzene rings is 10. The molecule has 0 saturated carbocycles. The predicted molar refractivity (Wildman–Crippen MR) is 296 cm³/mol. The third kappa shape index (κ3) is 7.78. The fourth-order valence-electron chi connectivity index (χ4n) is 10.7. The standard InChI is InChI=1S/C67H45F3N4/c1-40-8-16-44(17-9-40)48-24-28-60-54(32-48)55-33-49(45-18-10-41(2)11-19-45)25-29-61(55)73(60)64-37-58(66-52(38-71)6-5-7-59(66)67(68,69)70)65(36-53(64)39-72)74-62-30-26-50(46-20-12-42(3)13-21-46)34-56(62)57-35-51(27-31-63(57)74)47-22-14-43(4)15-23-47/h5-37H,1-4H3. The monoisotopic (exact) mass is 962 g/mol. The zero-order chi connectivity index (χ0) is 51.0. The van der Waals surface area contributed by atoms with Gasteiger partial charge in [-0.15, -0.1) is 0 Å². The third-order valence-corrected chi connectivity index (χ3v) is 14.5. The number of fused-ring (bicyclic) bond motifs is 6. The lowest BCUT2D eigenvalue weighted by molar-refractivity contribution is -0.137. The molecule has 0 amide bonds. The molecule has 0 aliphatic heterocycles. The largest absolute Gasteiger partial charge is 0.417 e. The van der Waals surface area contributed by atoms with Gasteiger partial charge in [0.15, 0.2) is 0 Å². The first kappa shape index (κ1) is 45.7. The third-order valence-electron chi connectivity index (χ3n) is 14.5. The Hall–Kier alpha value is -9.43. The van der Waals surface area contributed by atoms with Gasteiger partial charge < -0.3 is 9.13 Å². The van der Waals surface area contributed by atoms with Gasteiger partial charge in [-0.05, 0) is 145 Å². The molecule has 12 aromatic rings. The molecule has 10 aromatic carbocycles. The maximum Gasteiger partial charge on any atom is 0.417 e. The number of nitriles is 2. The van der Waals surface area contributed by atoms with Crippen LogP contribution in [0.15, 0.2) is 200 Å². The van der Waals surface area contributed by atoms with E-state index in [0.717, 1.165) is 116 Å². The molecule has 2 heterocycles. The van der Waals surface area contributed by atoms with E-state index in [9.17, 15) is 10.5 Å². The van der Waals surface area contributed by atoms with Crippen molar-refractivity contribution in [2.75, 3.05) is 0 Å². The van der Waals surface area contributed by atoms with E-state index in [4.69, 9.17) is 0 Å². The summed E-state index contributed by atoms with van der Waals surface area (Å²) >= 11 is 0. The Balaban J connectivity index is 1.19. The number of rotatable bonds is 7. The molecule has 0 spiro atoms. The molecule has 74 heavy (non-hydrogen) atoms. The summed E-state index contributed by atoms with van der Waals surface area (Å²) in [5.74, 6) is 0. The zero-order valence-corrected chi connectivity index (χ0v) is 41.0. The van der Waals surface area contributed by atoms with Crippen LogP contribution in [0, 0.1) is 50.4 Å². The summed E-state index contributed by atoms with van der Waals surface area (Å²) in [7, 11) is 0. The van der Waals surface area contributed by atoms with E-state index in [1.165, 1.54) is 12.1 Å². The molecule has 0 N–H and O–H groups in total. The van der Waals surface area contributed by atoms with Crippen LogP contribution in [0.25, 0.3) is 111 Å². The van der Waals surface area contributed by atoms with Gasteiger partial charge in [0.1, 0.15) is 6.07 Å². The lowest BCUT2D eigenvalue weighted by atomic mass is 9.91. The van der Waals surface area contributed by atoms with Crippen molar-refractivity contribution in [3.8, 4) is 79.1 Å². The van der Waals surface area contributed by atoms with E-state index in [1.54, 1.807) is 12.1 Å². The Bertz CT molecular complexity index is 4110. The van der Waals surface area contributed by atoms with Crippen molar-refractivity contribution in [3.63, 3.8) is 0 Å². The van der Waals surface area contributed by atoms with Crippen LogP contribution in [0.3, 0.4) is 0 Å². The number of aromatic nitrogens is 2. The number of aryl methyl sites for hydroxylation is 4. The highest BCUT2D eigenvalue weighted by molar-refractivity contribution is 6.14. The summed E-state index contributed by atoms with van der Waals surface area (Å²) in [6.07, 6.45) is -4.84. The summed E-state index contributed by atoms with van der Waals surface area (Å²) in [5, 5.41) is 25.8. The number of hydrogen-bond donors (Lipinski definition) is 0. The van der Waals surface area contributed by atoms with Crippen LogP contribution < -0.4 is 0 Å². The number of halogens is 3. The van der Waals surface area contributed by atoms with Gasteiger partial charge in [-0.25, -0.2) is 0 Å². The summed E-state index contributed by atoms with van der Waals surface area (Å²) in [5.41, 5.74) is 15.3. The van der Waals surface area contributed by atoms with Gasteiger partial charge in [-0.3, -0.25) is 0 Å². The summed E-state index contributed by atoms with van der Waals surface area (Å²) < 4.78 is 50.9. The molecule has 0 saturated heterocycles. The van der Waals surface area contributed by atoms with E-state index < -0.39 is 11.7 Å². The Morgan fingerprint density at radius 1 is 0.351 bits per heavy atom. The zero-order valence-electron chi connectivity index (χ0n) is 41.0. The lowest BCUT2D eigenvalue weighted by Crippen LogP contribution is -2.11. The van der Waals surface area contributed by atoms with Crippen molar-refractivity contribution in [1.29, 1.82) is 10.5 Å². The second-order valence-electron chi connectivity index (χ2n) is 19.4. The molecule has 0 atom stereocenters. The van der Waals surface area contributed by atoms with Crippen molar-refractivity contribution in [2.45, 2.75) is 33.9 Å². The minimum absolute atomic E-state index is 0.145. The van der Waals surface area contributed by atoms with Crippen LogP contribution in [-0.2, 0) is 6.18 Å². The topological polar surface area (TPSA) is 57.4 Å². The molecule has 0 bridgehead atoms. The van der Waals surface area contributed by atoms with Crippen molar-refractivity contribution >= 4 is 43.6 Å². The van der Waals surface area contributed by atoms with Crippen LogP contribution in [-0.4, -0.2) is 9.13 Å². The number of nitrogens with zero attached hydrogens (tertiary/aromatic N) is 4. The molecular formula is C67H45F3N4. The van der Waals surface area contributed by atoms with Gasteiger partial charge in [-0.1, -0.05) is 150 Å². The van der Waals surface area contributed by atoms with E-state index in [2.05, 4.69) is 147 Å². The average molecular weight is 963 g/mol. The normalized spacial score (nSPS) is 11.7. The molecule has 0 radical (unpaired) electrons. The highest BCUT2D eigenvalue weighted by atomic mass is 19.4. The second kappa shape index (κ2) is 17.7.